The minimum Gasteiger partial charge on any atom is -0.486 e. The van der Waals surface area contributed by atoms with Gasteiger partial charge in [0.05, 0.1) is 10.9 Å². The van der Waals surface area contributed by atoms with Gasteiger partial charge in [-0.3, -0.25) is 0 Å². The van der Waals surface area contributed by atoms with Crippen molar-refractivity contribution in [3.8, 4) is 11.5 Å². The number of hydrogen-bond acceptors (Lipinski definition) is 6. The van der Waals surface area contributed by atoms with Crippen molar-refractivity contribution in [2.24, 2.45) is 0 Å². The van der Waals surface area contributed by atoms with E-state index in [-0.39, 0.29) is 5.88 Å². The summed E-state index contributed by atoms with van der Waals surface area (Å²) in [5.41, 5.74) is 6.95. The van der Waals surface area contributed by atoms with Crippen LogP contribution in [0.5, 0.6) is 11.5 Å². The van der Waals surface area contributed by atoms with E-state index in [1.165, 1.54) is 0 Å². The third-order valence-electron chi connectivity index (χ3n) is 2.95. The van der Waals surface area contributed by atoms with Crippen LogP contribution in [0.1, 0.15) is 0 Å². The fourth-order valence-electron chi connectivity index (χ4n) is 2.09. The van der Waals surface area contributed by atoms with Gasteiger partial charge in [0.1, 0.15) is 13.2 Å². The molecule has 6 nitrogen and oxygen atoms in total. The quantitative estimate of drug-likeness (QED) is 0.647. The molecule has 1 aliphatic rings. The molecule has 0 radical (unpaired) electrons. The van der Waals surface area contributed by atoms with Crippen LogP contribution < -0.4 is 15.2 Å². The number of anilines is 1. The third-order valence-corrected chi connectivity index (χ3v) is 2.95. The zero-order chi connectivity index (χ0) is 12.1. The maximum absolute atomic E-state index is 5.68. The van der Waals surface area contributed by atoms with Crippen LogP contribution in [0.25, 0.3) is 21.9 Å². The number of nitrogens with two attached hydrogens (primary N) is 1. The molecule has 0 bridgehead atoms. The largest absolute Gasteiger partial charge is 0.486 e. The van der Waals surface area contributed by atoms with Crippen LogP contribution >= 0.6 is 0 Å². The number of nitrogens with zero attached hydrogens (tertiary/aromatic N) is 2. The Bertz CT molecular complexity index is 766. The number of nitrogen functional groups attached to an aromatic ring is 1. The minimum atomic E-state index is 0.272. The second-order valence-electron chi connectivity index (χ2n) is 4.09. The summed E-state index contributed by atoms with van der Waals surface area (Å²) in [5, 5.41) is 5.42. The molecule has 1 aromatic carbocycles. The molecule has 2 N–H and O–H groups in total. The van der Waals surface area contributed by atoms with Gasteiger partial charge in [0.25, 0.3) is 0 Å². The fraction of sp³-hybridized carbons (Fsp3) is 0.167. The Hall–Kier alpha value is -2.50. The van der Waals surface area contributed by atoms with Crippen LogP contribution in [0.3, 0.4) is 0 Å². The first-order chi connectivity index (χ1) is 8.81. The Balaban J connectivity index is 2.06. The fourth-order valence-corrected chi connectivity index (χ4v) is 2.09. The molecule has 0 amide bonds. The summed E-state index contributed by atoms with van der Waals surface area (Å²) in [6.45, 7) is 1.11. The lowest BCUT2D eigenvalue weighted by Crippen LogP contribution is -2.15. The molecule has 3 aromatic rings. The van der Waals surface area contributed by atoms with Crippen LogP contribution in [0, 0.1) is 0 Å². The van der Waals surface area contributed by atoms with Crippen molar-refractivity contribution in [1.82, 2.24) is 10.1 Å². The van der Waals surface area contributed by atoms with Crippen molar-refractivity contribution in [2.75, 3.05) is 18.9 Å². The predicted octanol–water partition coefficient (Wildman–Crippen LogP) is 1.73. The zero-order valence-electron chi connectivity index (χ0n) is 9.34. The second kappa shape index (κ2) is 3.25. The van der Waals surface area contributed by atoms with Crippen molar-refractivity contribution in [3.63, 3.8) is 0 Å². The van der Waals surface area contributed by atoms with Crippen molar-refractivity contribution < 1.29 is 14.0 Å². The van der Waals surface area contributed by atoms with E-state index in [4.69, 9.17) is 19.7 Å². The first kappa shape index (κ1) is 9.52. The van der Waals surface area contributed by atoms with Crippen LogP contribution in [-0.2, 0) is 0 Å². The molecule has 0 unspecified atom stereocenters. The van der Waals surface area contributed by atoms with Crippen LogP contribution in [0.4, 0.5) is 5.88 Å². The predicted molar refractivity (Wildman–Crippen MR) is 64.7 cm³/mol. The van der Waals surface area contributed by atoms with Gasteiger partial charge in [-0.05, 0) is 12.1 Å². The number of pyridine rings is 1. The molecule has 0 saturated carbocycles. The van der Waals surface area contributed by atoms with Gasteiger partial charge < -0.3 is 19.7 Å². The molecule has 0 aliphatic carbocycles. The van der Waals surface area contributed by atoms with Crippen LogP contribution in [0.15, 0.2) is 22.7 Å². The van der Waals surface area contributed by atoms with Gasteiger partial charge in [-0.1, -0.05) is 5.16 Å². The molecule has 90 valence electrons. The lowest BCUT2D eigenvalue weighted by Gasteiger charge is -2.18. The standard InChI is InChI=1S/C12H9N3O3/c13-11-7-3-6-4-9-10(17-2-1-16-9)5-8(6)14-12(7)15-18-11/h3-5H,1-2,13H2. The summed E-state index contributed by atoms with van der Waals surface area (Å²) >= 11 is 0. The zero-order valence-corrected chi connectivity index (χ0v) is 9.34. The molecule has 6 heteroatoms. The lowest BCUT2D eigenvalue weighted by atomic mass is 10.1. The van der Waals surface area contributed by atoms with E-state index in [0.717, 1.165) is 16.7 Å². The Kier molecular flexibility index (Phi) is 1.72. The molecule has 0 atom stereocenters. The summed E-state index contributed by atoms with van der Waals surface area (Å²) in [4.78, 5) is 4.39. The average Bonchev–Trinajstić information content (AvgIpc) is 2.75. The molecular weight excluding hydrogens is 234 g/mol. The summed E-state index contributed by atoms with van der Waals surface area (Å²) in [6.07, 6.45) is 0. The van der Waals surface area contributed by atoms with Gasteiger partial charge >= 0.3 is 0 Å². The van der Waals surface area contributed by atoms with E-state index in [9.17, 15) is 0 Å². The first-order valence-corrected chi connectivity index (χ1v) is 5.56. The van der Waals surface area contributed by atoms with Gasteiger partial charge in [-0.25, -0.2) is 4.98 Å². The van der Waals surface area contributed by atoms with Crippen molar-refractivity contribution in [2.45, 2.75) is 0 Å². The van der Waals surface area contributed by atoms with E-state index in [1.54, 1.807) is 0 Å². The number of fused-ring (bicyclic) bond motifs is 3. The van der Waals surface area contributed by atoms with E-state index >= 15 is 0 Å². The van der Waals surface area contributed by atoms with E-state index in [0.29, 0.717) is 30.0 Å². The molecular formula is C12H9N3O3. The Morgan fingerprint density at radius 3 is 2.67 bits per heavy atom. The van der Waals surface area contributed by atoms with E-state index < -0.39 is 0 Å². The first-order valence-electron chi connectivity index (χ1n) is 5.56. The summed E-state index contributed by atoms with van der Waals surface area (Å²) in [5.74, 6) is 1.70. The number of hydrogen-bond donors (Lipinski definition) is 1. The SMILES string of the molecule is Nc1onc2nc3cc4c(cc3cc12)OCCO4. The summed E-state index contributed by atoms with van der Waals surface area (Å²) in [6, 6.07) is 5.62. The highest BCUT2D eigenvalue weighted by atomic mass is 16.6. The molecule has 18 heavy (non-hydrogen) atoms. The van der Waals surface area contributed by atoms with Crippen LogP contribution in [-0.4, -0.2) is 23.4 Å². The van der Waals surface area contributed by atoms with E-state index in [1.807, 2.05) is 18.2 Å². The minimum absolute atomic E-state index is 0.272. The number of aromatic nitrogens is 2. The highest BCUT2D eigenvalue weighted by Gasteiger charge is 2.15. The Morgan fingerprint density at radius 1 is 1.06 bits per heavy atom. The average molecular weight is 243 g/mol. The molecule has 2 aromatic heterocycles. The lowest BCUT2D eigenvalue weighted by molar-refractivity contribution is 0.172. The smallest absolute Gasteiger partial charge is 0.231 e. The highest BCUT2D eigenvalue weighted by Crippen LogP contribution is 2.35. The molecule has 0 saturated heterocycles. The molecule has 4 rings (SSSR count). The van der Waals surface area contributed by atoms with Gasteiger partial charge in [0, 0.05) is 11.5 Å². The number of rotatable bonds is 0. The van der Waals surface area contributed by atoms with Gasteiger partial charge in [-0.2, -0.15) is 0 Å². The van der Waals surface area contributed by atoms with E-state index in [2.05, 4.69) is 10.1 Å². The maximum Gasteiger partial charge on any atom is 0.231 e. The molecule has 0 spiro atoms. The maximum atomic E-state index is 5.68. The summed E-state index contributed by atoms with van der Waals surface area (Å²) in [7, 11) is 0. The van der Waals surface area contributed by atoms with Crippen molar-refractivity contribution >= 4 is 27.8 Å². The third kappa shape index (κ3) is 1.22. The Labute approximate surface area is 101 Å². The van der Waals surface area contributed by atoms with Crippen molar-refractivity contribution in [3.05, 3.63) is 18.2 Å². The molecule has 3 heterocycles. The highest BCUT2D eigenvalue weighted by molar-refractivity contribution is 5.96. The Morgan fingerprint density at radius 2 is 1.83 bits per heavy atom. The number of ether oxygens (including phenoxy) is 2. The van der Waals surface area contributed by atoms with Crippen LogP contribution in [0.2, 0.25) is 0 Å². The topological polar surface area (TPSA) is 83.4 Å². The van der Waals surface area contributed by atoms with Gasteiger partial charge in [-0.15, -0.1) is 0 Å². The molecule has 1 aliphatic heterocycles. The summed E-state index contributed by atoms with van der Waals surface area (Å²) < 4.78 is 16.0. The van der Waals surface area contributed by atoms with Gasteiger partial charge in [0.15, 0.2) is 11.5 Å². The molecule has 0 fully saturated rings. The number of benzene rings is 1. The van der Waals surface area contributed by atoms with Crippen molar-refractivity contribution in [1.29, 1.82) is 0 Å². The normalized spacial score (nSPS) is 14.2. The van der Waals surface area contributed by atoms with Gasteiger partial charge in [0.2, 0.25) is 11.5 Å². The second-order valence-corrected chi connectivity index (χ2v) is 4.09. The monoisotopic (exact) mass is 243 g/mol.